The van der Waals surface area contributed by atoms with Gasteiger partial charge < -0.3 is 4.57 Å². The van der Waals surface area contributed by atoms with Crippen LogP contribution in [0.5, 0.6) is 0 Å². The van der Waals surface area contributed by atoms with Gasteiger partial charge in [0.25, 0.3) is 5.69 Å². The van der Waals surface area contributed by atoms with Crippen molar-refractivity contribution in [1.29, 1.82) is 5.26 Å². The average Bonchev–Trinajstić information content (AvgIpc) is 3.31. The highest BCUT2D eigenvalue weighted by molar-refractivity contribution is 7.99. The maximum Gasteiger partial charge on any atom is 0.270 e. The van der Waals surface area contributed by atoms with Crippen molar-refractivity contribution < 1.29 is 9.72 Å². The molecule has 1 heterocycles. The van der Waals surface area contributed by atoms with Crippen LogP contribution < -0.4 is 0 Å². The maximum absolute atomic E-state index is 12.9. The second kappa shape index (κ2) is 10.6. The molecule has 0 saturated carbocycles. The largest absolute Gasteiger partial charge is 0.302 e. The number of non-ortho nitro benzene ring substituents is 1. The van der Waals surface area contributed by atoms with E-state index >= 15 is 0 Å². The fraction of sp³-hybridized carbons (Fsp3) is 0.0769. The Morgan fingerprint density at radius 3 is 2.40 bits per heavy atom. The van der Waals surface area contributed by atoms with Crippen molar-refractivity contribution >= 4 is 29.3 Å². The van der Waals surface area contributed by atoms with E-state index in [0.29, 0.717) is 33.5 Å². The van der Waals surface area contributed by atoms with E-state index in [0.717, 1.165) is 5.56 Å². The van der Waals surface area contributed by atoms with E-state index in [1.807, 2.05) is 47.9 Å². The highest BCUT2D eigenvalue weighted by Crippen LogP contribution is 2.35. The molecule has 4 rings (SSSR count). The van der Waals surface area contributed by atoms with Gasteiger partial charge in [0.1, 0.15) is 11.6 Å². The van der Waals surface area contributed by atoms with Gasteiger partial charge in [0.2, 0.25) is 5.78 Å². The van der Waals surface area contributed by atoms with Crippen LogP contribution in [0.1, 0.15) is 22.8 Å². The molecule has 35 heavy (non-hydrogen) atoms. The molecule has 0 fully saturated rings. The molecule has 0 aliphatic heterocycles. The summed E-state index contributed by atoms with van der Waals surface area (Å²) in [5.41, 5.74) is 1.38. The van der Waals surface area contributed by atoms with Crippen LogP contribution in [0.15, 0.2) is 94.5 Å². The third kappa shape index (κ3) is 5.18. The van der Waals surface area contributed by atoms with Crippen molar-refractivity contribution in [2.24, 2.45) is 0 Å². The van der Waals surface area contributed by atoms with Gasteiger partial charge in [0.15, 0.2) is 11.0 Å². The highest BCUT2D eigenvalue weighted by Gasteiger charge is 2.19. The lowest BCUT2D eigenvalue weighted by Crippen LogP contribution is -2.02. The molecule has 0 unspecified atom stereocenters. The van der Waals surface area contributed by atoms with Crippen LogP contribution in [-0.4, -0.2) is 25.5 Å². The Hall–Kier alpha value is -4.55. The monoisotopic (exact) mass is 481 g/mol. The minimum absolute atomic E-state index is 0.125. The molecule has 0 spiro atoms. The zero-order chi connectivity index (χ0) is 24.8. The van der Waals surface area contributed by atoms with Gasteiger partial charge in [0.05, 0.1) is 4.92 Å². The van der Waals surface area contributed by atoms with Crippen molar-refractivity contribution in [2.45, 2.75) is 23.5 Å². The smallest absolute Gasteiger partial charge is 0.270 e. The molecule has 0 aliphatic carbocycles. The number of carbonyl (C=O) groups is 1. The van der Waals surface area contributed by atoms with Crippen molar-refractivity contribution in [1.82, 2.24) is 14.8 Å². The van der Waals surface area contributed by atoms with E-state index in [9.17, 15) is 20.2 Å². The summed E-state index contributed by atoms with van der Waals surface area (Å²) < 4.78 is 1.94. The lowest BCUT2D eigenvalue weighted by atomic mass is 10.0. The summed E-state index contributed by atoms with van der Waals surface area (Å²) in [5.74, 6) is 0.241. The maximum atomic E-state index is 12.9. The molecule has 3 aromatic carbocycles. The van der Waals surface area contributed by atoms with Crippen LogP contribution >= 0.6 is 11.8 Å². The highest BCUT2D eigenvalue weighted by atomic mass is 32.2. The Morgan fingerprint density at radius 1 is 1.09 bits per heavy atom. The predicted molar refractivity (Wildman–Crippen MR) is 133 cm³/mol. The number of nitro groups is 1. The molecule has 0 saturated heterocycles. The zero-order valence-corrected chi connectivity index (χ0v) is 19.5. The fourth-order valence-electron chi connectivity index (χ4n) is 3.45. The Kier molecular flexibility index (Phi) is 7.14. The number of nitriles is 1. The number of nitrogens with zero attached hydrogens (tertiary/aromatic N) is 5. The van der Waals surface area contributed by atoms with E-state index in [2.05, 4.69) is 10.2 Å². The third-order valence-electron chi connectivity index (χ3n) is 5.17. The van der Waals surface area contributed by atoms with E-state index in [1.165, 1.54) is 30.0 Å². The van der Waals surface area contributed by atoms with E-state index in [1.54, 1.807) is 36.4 Å². The number of carbonyl (C=O) groups excluding carboxylic acids is 1. The van der Waals surface area contributed by atoms with Crippen LogP contribution in [0.3, 0.4) is 0 Å². The quantitative estimate of drug-likeness (QED) is 0.102. The number of Topliss-reactive ketones (excluding diaryl/α,β-unsaturated/α-hetero) is 1. The fourth-order valence-corrected chi connectivity index (χ4v) is 4.43. The summed E-state index contributed by atoms with van der Waals surface area (Å²) in [7, 11) is 0. The number of hydrogen-bond acceptors (Lipinski definition) is 7. The molecule has 4 aromatic rings. The number of nitro benzene ring substituents is 1. The number of aromatic nitrogens is 3. The third-order valence-corrected chi connectivity index (χ3v) is 6.25. The summed E-state index contributed by atoms with van der Waals surface area (Å²) in [5, 5.41) is 30.3. The summed E-state index contributed by atoms with van der Waals surface area (Å²) >= 11 is 1.26. The molecule has 0 N–H and O–H groups in total. The molecular weight excluding hydrogens is 462 g/mol. The van der Waals surface area contributed by atoms with Crippen molar-refractivity contribution in [3.63, 3.8) is 0 Å². The Balaban J connectivity index is 1.77. The normalized spacial score (nSPS) is 11.1. The lowest BCUT2D eigenvalue weighted by molar-refractivity contribution is -0.384. The number of rotatable bonds is 8. The molecule has 0 radical (unpaired) electrons. The van der Waals surface area contributed by atoms with Gasteiger partial charge in [-0.3, -0.25) is 14.9 Å². The van der Waals surface area contributed by atoms with Crippen molar-refractivity contribution in [3.05, 3.63) is 106 Å². The van der Waals surface area contributed by atoms with Gasteiger partial charge in [-0.05, 0) is 36.4 Å². The van der Waals surface area contributed by atoms with Crippen molar-refractivity contribution in [3.8, 4) is 17.5 Å². The van der Waals surface area contributed by atoms with Gasteiger partial charge in [-0.1, -0.05) is 60.7 Å². The first-order valence-corrected chi connectivity index (χ1v) is 11.5. The molecule has 172 valence electrons. The van der Waals surface area contributed by atoms with Crippen LogP contribution in [0.2, 0.25) is 0 Å². The summed E-state index contributed by atoms with van der Waals surface area (Å²) in [6, 6.07) is 24.3. The summed E-state index contributed by atoms with van der Waals surface area (Å²) in [6.45, 7) is 2.58. The number of hydrogen-bond donors (Lipinski definition) is 0. The summed E-state index contributed by atoms with van der Waals surface area (Å²) in [6.07, 6.45) is 1.38. The standard InChI is InChI=1S/C26H19N5O3S/c1-2-30-25(19-11-7-4-8-12-19)28-29-26(30)35-23-14-13-22(31(33)34)16-20(23)15-21(17-27)24(32)18-9-5-3-6-10-18/h3-16H,2H2,1H3/b21-15-. The van der Waals surface area contributed by atoms with Gasteiger partial charge in [0, 0.05) is 34.7 Å². The van der Waals surface area contributed by atoms with Gasteiger partial charge in [-0.2, -0.15) is 5.26 Å². The Morgan fingerprint density at radius 2 is 1.77 bits per heavy atom. The van der Waals surface area contributed by atoms with Gasteiger partial charge >= 0.3 is 0 Å². The number of allylic oxidation sites excluding steroid dienone is 1. The minimum atomic E-state index is -0.515. The second-order valence-corrected chi connectivity index (χ2v) is 8.37. The van der Waals surface area contributed by atoms with E-state index < -0.39 is 10.7 Å². The predicted octanol–water partition coefficient (Wildman–Crippen LogP) is 5.81. The Labute approximate surface area is 205 Å². The van der Waals surface area contributed by atoms with E-state index in [4.69, 9.17) is 0 Å². The topological polar surface area (TPSA) is 115 Å². The number of ketones is 1. The second-order valence-electron chi connectivity index (χ2n) is 7.36. The molecule has 0 bridgehead atoms. The first-order valence-electron chi connectivity index (χ1n) is 10.7. The lowest BCUT2D eigenvalue weighted by Gasteiger charge is -2.09. The summed E-state index contributed by atoms with van der Waals surface area (Å²) in [4.78, 5) is 24.4. The molecule has 0 aliphatic rings. The molecule has 0 atom stereocenters. The first kappa shape index (κ1) is 23.6. The minimum Gasteiger partial charge on any atom is -0.302 e. The Bertz CT molecular complexity index is 1460. The number of benzene rings is 3. The molecular formula is C26H19N5O3S. The van der Waals surface area contributed by atoms with Crippen molar-refractivity contribution in [2.75, 3.05) is 0 Å². The molecule has 0 amide bonds. The van der Waals surface area contributed by atoms with Crippen LogP contribution in [-0.2, 0) is 6.54 Å². The average molecular weight is 482 g/mol. The molecule has 8 nitrogen and oxygen atoms in total. The SMILES string of the molecule is CCn1c(Sc2ccc([N+](=O)[O-])cc2/C=C(/C#N)C(=O)c2ccccc2)nnc1-c1ccccc1. The first-order chi connectivity index (χ1) is 17.0. The molecule has 9 heteroatoms. The zero-order valence-electron chi connectivity index (χ0n) is 18.7. The van der Waals surface area contributed by atoms with Crippen LogP contribution in [0.4, 0.5) is 5.69 Å². The van der Waals surface area contributed by atoms with E-state index in [-0.39, 0.29) is 11.3 Å². The van der Waals surface area contributed by atoms with Crippen LogP contribution in [0, 0.1) is 21.4 Å². The van der Waals surface area contributed by atoms with Gasteiger partial charge in [-0.15, -0.1) is 10.2 Å². The van der Waals surface area contributed by atoms with Gasteiger partial charge in [-0.25, -0.2) is 0 Å². The molecule has 1 aromatic heterocycles. The van der Waals surface area contributed by atoms with Crippen LogP contribution in [0.25, 0.3) is 17.5 Å².